The Kier molecular flexibility index (Phi) is 8.56. The molecule has 3 aromatic rings. The van der Waals surface area contributed by atoms with Crippen LogP contribution in [-0.2, 0) is 16.2 Å². The smallest absolute Gasteiger partial charge is 0.295 e. The van der Waals surface area contributed by atoms with Gasteiger partial charge in [0.2, 0.25) is 0 Å². The van der Waals surface area contributed by atoms with Crippen LogP contribution in [0.15, 0.2) is 72.3 Å². The number of amides is 1. The number of aliphatic hydroxyl groups excluding tert-OH is 1. The molecule has 1 heterocycles. The van der Waals surface area contributed by atoms with Crippen molar-refractivity contribution in [3.63, 3.8) is 0 Å². The van der Waals surface area contributed by atoms with Crippen LogP contribution in [0.25, 0.3) is 5.76 Å². The van der Waals surface area contributed by atoms with Gasteiger partial charge in [-0.2, -0.15) is 0 Å². The molecule has 0 aliphatic carbocycles. The molecule has 0 bridgehead atoms. The Morgan fingerprint density at radius 3 is 2.41 bits per heavy atom. The van der Waals surface area contributed by atoms with Crippen molar-refractivity contribution in [2.75, 3.05) is 34.3 Å². The van der Waals surface area contributed by atoms with E-state index in [1.54, 1.807) is 36.4 Å². The molecule has 1 atom stereocenters. The number of nitrogens with zero attached hydrogens (tertiary/aromatic N) is 1. The third-order valence-corrected chi connectivity index (χ3v) is 6.92. The largest absolute Gasteiger partial charge is 0.507 e. The monoisotopic (exact) mass is 531 g/mol. The van der Waals surface area contributed by atoms with E-state index >= 15 is 0 Å². The second-order valence-corrected chi connectivity index (χ2v) is 9.97. The number of carbonyl (C=O) groups is 2. The van der Waals surface area contributed by atoms with Gasteiger partial charge in [-0.1, -0.05) is 30.3 Å². The summed E-state index contributed by atoms with van der Waals surface area (Å²) in [7, 11) is 5.47. The lowest BCUT2D eigenvalue weighted by Crippen LogP contribution is -3.05. The Morgan fingerprint density at radius 2 is 1.74 bits per heavy atom. The third-order valence-electron chi connectivity index (χ3n) is 6.92. The SMILES string of the molecule is COc1cc(C2C(=C(O)c3ccc(OCc4ccccc4C)cc3)C(=O)C(=O)N2CCC[NH+](C)C)ccc1O. The maximum absolute atomic E-state index is 13.3. The highest BCUT2D eigenvalue weighted by molar-refractivity contribution is 6.46. The molecular formula is C31H35N2O6+. The maximum Gasteiger partial charge on any atom is 0.295 e. The van der Waals surface area contributed by atoms with Crippen molar-refractivity contribution in [3.05, 3.63) is 94.6 Å². The van der Waals surface area contributed by atoms with Crippen LogP contribution in [0, 0.1) is 6.92 Å². The third kappa shape index (κ3) is 6.07. The molecule has 1 unspecified atom stereocenters. The standard InChI is InChI=1S/C31H34N2O6/c1-20-8-5-6-9-23(20)19-39-24-13-10-21(11-14-24)29(35)27-28(22-12-15-25(34)26(18-22)38-4)33(31(37)30(27)36)17-7-16-32(2)3/h5-6,8-15,18,28,34-35H,7,16-17,19H2,1-4H3/p+1. The van der Waals surface area contributed by atoms with Crippen LogP contribution in [0.2, 0.25) is 0 Å². The minimum atomic E-state index is -0.825. The first-order chi connectivity index (χ1) is 18.7. The molecule has 1 aliphatic rings. The van der Waals surface area contributed by atoms with Crippen LogP contribution in [0.4, 0.5) is 0 Å². The van der Waals surface area contributed by atoms with Gasteiger partial charge in [0, 0.05) is 18.5 Å². The minimum Gasteiger partial charge on any atom is -0.507 e. The normalized spacial score (nSPS) is 16.6. The number of phenolic OH excluding ortho intramolecular Hbond substituents is 1. The molecule has 1 saturated heterocycles. The molecule has 39 heavy (non-hydrogen) atoms. The van der Waals surface area contributed by atoms with Gasteiger partial charge in [-0.3, -0.25) is 9.59 Å². The molecule has 8 nitrogen and oxygen atoms in total. The molecule has 0 saturated carbocycles. The fourth-order valence-electron chi connectivity index (χ4n) is 4.72. The number of methoxy groups -OCH3 is 1. The topological polar surface area (TPSA) is 101 Å². The van der Waals surface area contributed by atoms with Gasteiger partial charge in [0.1, 0.15) is 18.1 Å². The van der Waals surface area contributed by atoms with Gasteiger partial charge >= 0.3 is 0 Å². The zero-order valence-corrected chi connectivity index (χ0v) is 22.7. The molecule has 1 aliphatic heterocycles. The molecule has 0 aromatic heterocycles. The average molecular weight is 532 g/mol. The first-order valence-corrected chi connectivity index (χ1v) is 12.9. The molecule has 0 spiro atoms. The van der Waals surface area contributed by atoms with Crippen LogP contribution in [-0.4, -0.2) is 61.1 Å². The van der Waals surface area contributed by atoms with Gasteiger partial charge in [-0.05, 0) is 60.0 Å². The van der Waals surface area contributed by atoms with Gasteiger partial charge < -0.3 is 29.5 Å². The van der Waals surface area contributed by atoms with Crippen LogP contribution in [0.1, 0.15) is 34.7 Å². The van der Waals surface area contributed by atoms with Crippen LogP contribution < -0.4 is 14.4 Å². The summed E-state index contributed by atoms with van der Waals surface area (Å²) in [6.07, 6.45) is 0.675. The van der Waals surface area contributed by atoms with E-state index in [1.807, 2.05) is 45.3 Å². The summed E-state index contributed by atoms with van der Waals surface area (Å²) in [6, 6.07) is 18.6. The number of benzene rings is 3. The zero-order chi connectivity index (χ0) is 28.1. The number of quaternary nitrogens is 1. The van der Waals surface area contributed by atoms with Crippen molar-refractivity contribution >= 4 is 17.4 Å². The van der Waals surface area contributed by atoms with E-state index in [-0.39, 0.29) is 22.8 Å². The van der Waals surface area contributed by atoms with E-state index < -0.39 is 17.7 Å². The van der Waals surface area contributed by atoms with Crippen LogP contribution >= 0.6 is 0 Å². The molecule has 3 N–H and O–H groups in total. The number of hydrogen-bond acceptors (Lipinski definition) is 6. The minimum absolute atomic E-state index is 0.00137. The Morgan fingerprint density at radius 1 is 1.03 bits per heavy atom. The summed E-state index contributed by atoms with van der Waals surface area (Å²) in [4.78, 5) is 29.1. The van der Waals surface area contributed by atoms with Gasteiger partial charge in [-0.15, -0.1) is 0 Å². The van der Waals surface area contributed by atoms with Crippen molar-refractivity contribution in [2.24, 2.45) is 0 Å². The highest BCUT2D eigenvalue weighted by atomic mass is 16.5. The first kappa shape index (κ1) is 27.7. The number of likely N-dealkylation sites (tertiary alicyclic amines) is 1. The van der Waals surface area contributed by atoms with Crippen molar-refractivity contribution in [3.8, 4) is 17.2 Å². The quantitative estimate of drug-likeness (QED) is 0.211. The molecular weight excluding hydrogens is 496 g/mol. The lowest BCUT2D eigenvalue weighted by molar-refractivity contribution is -0.858. The lowest BCUT2D eigenvalue weighted by atomic mass is 9.95. The summed E-state index contributed by atoms with van der Waals surface area (Å²) in [6.45, 7) is 3.57. The van der Waals surface area contributed by atoms with Crippen molar-refractivity contribution in [1.82, 2.24) is 4.90 Å². The van der Waals surface area contributed by atoms with Crippen molar-refractivity contribution < 1.29 is 34.2 Å². The van der Waals surface area contributed by atoms with Crippen molar-refractivity contribution in [2.45, 2.75) is 26.0 Å². The number of phenols is 1. The van der Waals surface area contributed by atoms with Crippen molar-refractivity contribution in [1.29, 1.82) is 0 Å². The molecule has 1 fully saturated rings. The number of nitrogens with one attached hydrogen (secondary N) is 1. The predicted octanol–water partition coefficient (Wildman–Crippen LogP) is 3.24. The summed E-state index contributed by atoms with van der Waals surface area (Å²) < 4.78 is 11.2. The Balaban J connectivity index is 1.67. The number of Topliss-reactive ketones (excluding diaryl/α,β-unsaturated/α-hetero) is 1. The molecule has 4 rings (SSSR count). The number of aliphatic hydroxyl groups is 1. The van der Waals surface area contributed by atoms with E-state index in [4.69, 9.17) is 9.47 Å². The van der Waals surface area contributed by atoms with Gasteiger partial charge in [0.05, 0.1) is 39.4 Å². The number of carbonyl (C=O) groups excluding carboxylic acids is 2. The molecule has 8 heteroatoms. The van der Waals surface area contributed by atoms with E-state index in [1.165, 1.54) is 23.0 Å². The first-order valence-electron chi connectivity index (χ1n) is 12.9. The Bertz CT molecular complexity index is 1380. The molecule has 204 valence electrons. The number of rotatable bonds is 10. The highest BCUT2D eigenvalue weighted by Gasteiger charge is 2.46. The number of aryl methyl sites for hydroxylation is 1. The van der Waals surface area contributed by atoms with E-state index in [0.717, 1.165) is 17.7 Å². The molecule has 1 amide bonds. The summed E-state index contributed by atoms with van der Waals surface area (Å²) >= 11 is 0. The molecule has 3 aromatic carbocycles. The number of ketones is 1. The van der Waals surface area contributed by atoms with Crippen LogP contribution in [0.5, 0.6) is 17.2 Å². The molecule has 0 radical (unpaired) electrons. The second-order valence-electron chi connectivity index (χ2n) is 9.97. The maximum atomic E-state index is 13.3. The Hall–Kier alpha value is -4.30. The van der Waals surface area contributed by atoms with E-state index in [9.17, 15) is 19.8 Å². The van der Waals surface area contributed by atoms with Gasteiger partial charge in [0.25, 0.3) is 11.7 Å². The predicted molar refractivity (Wildman–Crippen MR) is 148 cm³/mol. The van der Waals surface area contributed by atoms with Gasteiger partial charge in [-0.25, -0.2) is 0 Å². The summed E-state index contributed by atoms with van der Waals surface area (Å²) in [5.74, 6) is -0.915. The number of ether oxygens (including phenoxy) is 2. The summed E-state index contributed by atoms with van der Waals surface area (Å²) in [5, 5.41) is 21.5. The summed E-state index contributed by atoms with van der Waals surface area (Å²) in [5.41, 5.74) is 3.16. The Labute approximate surface area is 228 Å². The van der Waals surface area contributed by atoms with Crippen LogP contribution in [0.3, 0.4) is 0 Å². The van der Waals surface area contributed by atoms with E-state index in [0.29, 0.717) is 36.4 Å². The average Bonchev–Trinajstić information content (AvgIpc) is 3.17. The van der Waals surface area contributed by atoms with Gasteiger partial charge in [0.15, 0.2) is 11.5 Å². The lowest BCUT2D eigenvalue weighted by Gasteiger charge is -2.26. The fourth-order valence-corrected chi connectivity index (χ4v) is 4.72. The zero-order valence-electron chi connectivity index (χ0n) is 22.7. The highest BCUT2D eigenvalue weighted by Crippen LogP contribution is 2.41. The second kappa shape index (κ2) is 12.0. The number of hydrogen-bond donors (Lipinski definition) is 3. The van der Waals surface area contributed by atoms with E-state index in [2.05, 4.69) is 0 Å². The number of aromatic hydroxyl groups is 1. The fraction of sp³-hybridized carbons (Fsp3) is 0.290.